The number of hydrogen-bond donors (Lipinski definition) is 1. The molecule has 1 N–H and O–H groups in total. The fourth-order valence-corrected chi connectivity index (χ4v) is 3.38. The molecule has 0 radical (unpaired) electrons. The number of carbonyl (C=O) groups is 1. The highest BCUT2D eigenvalue weighted by molar-refractivity contribution is 6.30. The van der Waals surface area contributed by atoms with Crippen molar-refractivity contribution in [3.05, 3.63) is 97.7 Å². The molecule has 11 heteroatoms. The van der Waals surface area contributed by atoms with Crippen LogP contribution in [-0.4, -0.2) is 36.7 Å². The largest absolute Gasteiger partial charge is 0.350 e. The Kier molecular flexibility index (Phi) is 5.95. The maximum Gasteiger partial charge on any atom is 0.282 e. The van der Waals surface area contributed by atoms with Crippen LogP contribution in [0.1, 0.15) is 15.9 Å². The standard InChI is InChI=1S/C21H17ClN6O4/c22-15-7-5-14(6-8-15)12-26-13-24-19-17(21(26)30)11-25-27(19)10-9-23-20(29)16-3-1-2-4-18(16)28(31)32/h1-8,11,13H,9-10,12H2,(H,23,29). The highest BCUT2D eigenvalue weighted by Gasteiger charge is 2.19. The molecule has 1 amide bonds. The van der Waals surface area contributed by atoms with Crippen LogP contribution < -0.4 is 10.9 Å². The number of hydrogen-bond acceptors (Lipinski definition) is 6. The highest BCUT2D eigenvalue weighted by atomic mass is 35.5. The molecule has 4 aromatic rings. The molecule has 2 heterocycles. The monoisotopic (exact) mass is 452 g/mol. The molecule has 0 atom stereocenters. The third-order valence-corrected chi connectivity index (χ3v) is 5.09. The van der Waals surface area contributed by atoms with Gasteiger partial charge in [0.2, 0.25) is 0 Å². The quantitative estimate of drug-likeness (QED) is 0.339. The van der Waals surface area contributed by atoms with Crippen LogP contribution >= 0.6 is 11.6 Å². The van der Waals surface area contributed by atoms with Gasteiger partial charge in [-0.1, -0.05) is 35.9 Å². The summed E-state index contributed by atoms with van der Waals surface area (Å²) in [6, 6.07) is 12.9. The maximum absolute atomic E-state index is 12.8. The Balaban J connectivity index is 1.46. The van der Waals surface area contributed by atoms with Crippen molar-refractivity contribution in [2.75, 3.05) is 6.54 Å². The second-order valence-electron chi connectivity index (χ2n) is 6.94. The van der Waals surface area contributed by atoms with Gasteiger partial charge in [-0.25, -0.2) is 9.67 Å². The molecular weight excluding hydrogens is 436 g/mol. The summed E-state index contributed by atoms with van der Waals surface area (Å²) >= 11 is 5.90. The number of rotatable bonds is 7. The summed E-state index contributed by atoms with van der Waals surface area (Å²) in [6.07, 6.45) is 2.89. The van der Waals surface area contributed by atoms with Crippen LogP contribution in [-0.2, 0) is 13.1 Å². The number of benzene rings is 2. The molecule has 0 unspecified atom stereocenters. The first-order valence-electron chi connectivity index (χ1n) is 9.61. The Morgan fingerprint density at radius 3 is 2.66 bits per heavy atom. The minimum absolute atomic E-state index is 0.0222. The lowest BCUT2D eigenvalue weighted by Gasteiger charge is -2.08. The van der Waals surface area contributed by atoms with Gasteiger partial charge in [0.05, 0.1) is 24.2 Å². The van der Waals surface area contributed by atoms with Gasteiger partial charge in [0.25, 0.3) is 17.2 Å². The van der Waals surface area contributed by atoms with Gasteiger partial charge in [-0.15, -0.1) is 0 Å². The van der Waals surface area contributed by atoms with Gasteiger partial charge in [-0.2, -0.15) is 5.10 Å². The third kappa shape index (κ3) is 4.35. The van der Waals surface area contributed by atoms with Crippen molar-refractivity contribution in [2.24, 2.45) is 0 Å². The molecule has 0 spiro atoms. The third-order valence-electron chi connectivity index (χ3n) is 4.84. The summed E-state index contributed by atoms with van der Waals surface area (Å²) in [7, 11) is 0. The van der Waals surface area contributed by atoms with Gasteiger partial charge < -0.3 is 5.32 Å². The Morgan fingerprint density at radius 1 is 1.16 bits per heavy atom. The van der Waals surface area contributed by atoms with E-state index in [0.717, 1.165) is 5.56 Å². The number of nitro groups is 1. The van der Waals surface area contributed by atoms with Gasteiger partial charge in [-0.3, -0.25) is 24.3 Å². The minimum atomic E-state index is -0.602. The van der Waals surface area contributed by atoms with Crippen molar-refractivity contribution in [2.45, 2.75) is 13.1 Å². The van der Waals surface area contributed by atoms with Crippen LogP contribution in [0.2, 0.25) is 5.02 Å². The molecule has 2 aromatic heterocycles. The van der Waals surface area contributed by atoms with E-state index in [1.807, 2.05) is 12.1 Å². The SMILES string of the molecule is O=C(NCCn1ncc2c(=O)n(Cc3ccc(Cl)cc3)cnc21)c1ccccc1[N+](=O)[O-]. The first-order valence-corrected chi connectivity index (χ1v) is 9.99. The molecule has 162 valence electrons. The zero-order valence-corrected chi connectivity index (χ0v) is 17.4. The van der Waals surface area contributed by atoms with Crippen LogP contribution in [0.15, 0.2) is 65.8 Å². The van der Waals surface area contributed by atoms with E-state index in [1.54, 1.807) is 18.2 Å². The summed E-state index contributed by atoms with van der Waals surface area (Å²) in [6.45, 7) is 0.733. The number of aromatic nitrogens is 4. The molecular formula is C21H17ClN6O4. The van der Waals surface area contributed by atoms with E-state index in [2.05, 4.69) is 15.4 Å². The van der Waals surface area contributed by atoms with E-state index < -0.39 is 10.8 Å². The van der Waals surface area contributed by atoms with Gasteiger partial charge in [-0.05, 0) is 23.8 Å². The lowest BCUT2D eigenvalue weighted by Crippen LogP contribution is -2.28. The van der Waals surface area contributed by atoms with Gasteiger partial charge >= 0.3 is 0 Å². The summed E-state index contributed by atoms with van der Waals surface area (Å²) in [5.41, 5.74) is 0.772. The number of amides is 1. The topological polar surface area (TPSA) is 125 Å². The first kappa shape index (κ1) is 21.2. The normalized spacial score (nSPS) is 10.9. The summed E-state index contributed by atoms with van der Waals surface area (Å²) in [5, 5.41) is 18.9. The summed E-state index contributed by atoms with van der Waals surface area (Å²) < 4.78 is 2.98. The number of para-hydroxylation sites is 1. The smallest absolute Gasteiger partial charge is 0.282 e. The second kappa shape index (κ2) is 8.98. The average Bonchev–Trinajstić information content (AvgIpc) is 3.20. The number of nitro benzene ring substituents is 1. The Hall–Kier alpha value is -4.05. The second-order valence-corrected chi connectivity index (χ2v) is 7.38. The van der Waals surface area contributed by atoms with E-state index >= 15 is 0 Å². The zero-order chi connectivity index (χ0) is 22.7. The lowest BCUT2D eigenvalue weighted by atomic mass is 10.1. The van der Waals surface area contributed by atoms with Crippen molar-refractivity contribution in [1.29, 1.82) is 0 Å². The van der Waals surface area contributed by atoms with Crippen LogP contribution in [0.4, 0.5) is 5.69 Å². The Labute approximate surface area is 186 Å². The molecule has 0 aliphatic rings. The molecule has 0 bridgehead atoms. The van der Waals surface area contributed by atoms with Gasteiger partial charge in [0.15, 0.2) is 5.65 Å². The number of fused-ring (bicyclic) bond motifs is 1. The number of nitrogens with one attached hydrogen (secondary N) is 1. The van der Waals surface area contributed by atoms with Gasteiger partial charge in [0.1, 0.15) is 17.3 Å². The van der Waals surface area contributed by atoms with E-state index in [-0.39, 0.29) is 29.9 Å². The Bertz CT molecular complexity index is 1360. The minimum Gasteiger partial charge on any atom is -0.350 e. The molecule has 0 fully saturated rings. The Morgan fingerprint density at radius 2 is 1.91 bits per heavy atom. The van der Waals surface area contributed by atoms with Crippen LogP contribution in [0.25, 0.3) is 11.0 Å². The van der Waals surface area contributed by atoms with Crippen molar-refractivity contribution in [3.63, 3.8) is 0 Å². The van der Waals surface area contributed by atoms with Crippen molar-refractivity contribution < 1.29 is 9.72 Å². The average molecular weight is 453 g/mol. The first-order chi connectivity index (χ1) is 15.4. The molecule has 10 nitrogen and oxygen atoms in total. The van der Waals surface area contributed by atoms with E-state index in [1.165, 1.54) is 40.0 Å². The molecule has 0 saturated heterocycles. The fraction of sp³-hybridized carbons (Fsp3) is 0.143. The molecule has 2 aromatic carbocycles. The van der Waals surface area contributed by atoms with Crippen LogP contribution in [0.3, 0.4) is 0 Å². The summed E-state index contributed by atoms with van der Waals surface area (Å²) in [5.74, 6) is -0.563. The van der Waals surface area contributed by atoms with Crippen LogP contribution in [0.5, 0.6) is 0 Å². The molecule has 32 heavy (non-hydrogen) atoms. The van der Waals surface area contributed by atoms with Crippen molar-refractivity contribution in [3.8, 4) is 0 Å². The number of carbonyl (C=O) groups excluding carboxylic acids is 1. The lowest BCUT2D eigenvalue weighted by molar-refractivity contribution is -0.385. The maximum atomic E-state index is 12.8. The van der Waals surface area contributed by atoms with Gasteiger partial charge in [0, 0.05) is 17.6 Å². The number of halogens is 1. The molecule has 4 rings (SSSR count). The van der Waals surface area contributed by atoms with E-state index in [9.17, 15) is 19.7 Å². The van der Waals surface area contributed by atoms with E-state index in [0.29, 0.717) is 22.6 Å². The van der Waals surface area contributed by atoms with Crippen molar-refractivity contribution in [1.82, 2.24) is 24.6 Å². The molecule has 0 aliphatic heterocycles. The van der Waals surface area contributed by atoms with Crippen LogP contribution in [0, 0.1) is 10.1 Å². The highest BCUT2D eigenvalue weighted by Crippen LogP contribution is 2.17. The predicted octanol–water partition coefficient (Wildman–Crippen LogP) is 2.63. The number of nitrogens with zero attached hydrogens (tertiary/aromatic N) is 5. The fourth-order valence-electron chi connectivity index (χ4n) is 3.26. The molecule has 0 aliphatic carbocycles. The van der Waals surface area contributed by atoms with E-state index in [4.69, 9.17) is 11.6 Å². The summed E-state index contributed by atoms with van der Waals surface area (Å²) in [4.78, 5) is 40.0. The predicted molar refractivity (Wildman–Crippen MR) is 118 cm³/mol. The zero-order valence-electron chi connectivity index (χ0n) is 16.6. The van der Waals surface area contributed by atoms with Crippen molar-refractivity contribution >= 4 is 34.2 Å². The molecule has 0 saturated carbocycles.